The minimum atomic E-state index is -0.622. The van der Waals surface area contributed by atoms with Crippen LogP contribution < -0.4 is 15.4 Å². The van der Waals surface area contributed by atoms with Crippen molar-refractivity contribution in [3.05, 3.63) is 18.2 Å². The normalized spacial score (nSPS) is 21.3. The molecule has 0 radical (unpaired) electrons. The van der Waals surface area contributed by atoms with Gasteiger partial charge in [-0.25, -0.2) is 0 Å². The molecule has 1 saturated carbocycles. The Bertz CT molecular complexity index is 539. The third-order valence-electron chi connectivity index (χ3n) is 4.08. The summed E-state index contributed by atoms with van der Waals surface area (Å²) in [6.45, 7) is 4.15. The van der Waals surface area contributed by atoms with Gasteiger partial charge in [-0.2, -0.15) is 5.26 Å². The van der Waals surface area contributed by atoms with E-state index < -0.39 is 5.60 Å². The van der Waals surface area contributed by atoms with Crippen molar-refractivity contribution < 1.29 is 4.74 Å². The lowest BCUT2D eigenvalue weighted by Gasteiger charge is -2.34. The molecule has 0 amide bonds. The Labute approximate surface area is 119 Å². The second-order valence-corrected chi connectivity index (χ2v) is 5.72. The van der Waals surface area contributed by atoms with Crippen molar-refractivity contribution >= 4 is 11.4 Å². The molecule has 1 heterocycles. The molecule has 1 aromatic carbocycles. The number of benzene rings is 1. The predicted octanol–water partition coefficient (Wildman–Crippen LogP) is 1.46. The van der Waals surface area contributed by atoms with E-state index in [1.807, 2.05) is 18.2 Å². The molecule has 5 heteroatoms. The first-order chi connectivity index (χ1) is 9.62. The summed E-state index contributed by atoms with van der Waals surface area (Å²) in [5.41, 5.74) is 7.20. The second kappa shape index (κ2) is 4.88. The molecular weight excluding hydrogens is 252 g/mol. The molecule has 3 rings (SSSR count). The van der Waals surface area contributed by atoms with E-state index in [2.05, 4.69) is 22.9 Å². The maximum Gasteiger partial charge on any atom is 0.194 e. The maximum atomic E-state index is 9.06. The molecular formula is C15H20N4O. The lowest BCUT2D eigenvalue weighted by molar-refractivity contribution is 0.239. The van der Waals surface area contributed by atoms with Crippen LogP contribution in [0.25, 0.3) is 0 Å². The zero-order valence-electron chi connectivity index (χ0n) is 11.8. The molecule has 1 aliphatic heterocycles. The fraction of sp³-hybridized carbons (Fsp3) is 0.533. The first-order valence-corrected chi connectivity index (χ1v) is 7.05. The standard InChI is InChI=1S/C15H20N4O/c1-18-6-8-19(9-7-18)12-2-3-14(13(17)10-12)20-15(11-16)4-5-15/h2-3,10H,4-9,17H2,1H3. The van der Waals surface area contributed by atoms with E-state index in [-0.39, 0.29) is 0 Å². The summed E-state index contributed by atoms with van der Waals surface area (Å²) in [5.74, 6) is 0.627. The van der Waals surface area contributed by atoms with Crippen molar-refractivity contribution in [1.82, 2.24) is 4.90 Å². The summed E-state index contributed by atoms with van der Waals surface area (Å²) in [7, 11) is 2.14. The topological polar surface area (TPSA) is 65.5 Å². The average Bonchev–Trinajstić information content (AvgIpc) is 3.22. The van der Waals surface area contributed by atoms with Crippen LogP contribution in [0.15, 0.2) is 18.2 Å². The summed E-state index contributed by atoms with van der Waals surface area (Å²) < 4.78 is 5.74. The zero-order valence-corrected chi connectivity index (χ0v) is 11.8. The molecule has 1 aliphatic carbocycles. The number of piperazine rings is 1. The minimum Gasteiger partial charge on any atom is -0.470 e. The zero-order chi connectivity index (χ0) is 14.2. The van der Waals surface area contributed by atoms with Crippen LogP contribution in [0.1, 0.15) is 12.8 Å². The van der Waals surface area contributed by atoms with Crippen LogP contribution in [0.3, 0.4) is 0 Å². The monoisotopic (exact) mass is 272 g/mol. The van der Waals surface area contributed by atoms with Crippen LogP contribution in [0.4, 0.5) is 11.4 Å². The number of anilines is 2. The minimum absolute atomic E-state index is 0.614. The first-order valence-electron chi connectivity index (χ1n) is 7.05. The lowest BCUT2D eigenvalue weighted by atomic mass is 10.2. The van der Waals surface area contributed by atoms with Crippen molar-refractivity contribution in [3.8, 4) is 11.8 Å². The van der Waals surface area contributed by atoms with Gasteiger partial charge in [0.1, 0.15) is 11.8 Å². The molecule has 2 N–H and O–H groups in total. The third-order valence-corrected chi connectivity index (χ3v) is 4.08. The summed E-state index contributed by atoms with van der Waals surface area (Å²) in [5, 5.41) is 9.06. The molecule has 106 valence electrons. The number of ether oxygens (including phenoxy) is 1. The van der Waals surface area contributed by atoms with Crippen molar-refractivity contribution in [1.29, 1.82) is 5.26 Å². The van der Waals surface area contributed by atoms with E-state index in [0.717, 1.165) is 44.7 Å². The van der Waals surface area contributed by atoms with E-state index in [9.17, 15) is 0 Å². The molecule has 2 aliphatic rings. The third kappa shape index (κ3) is 2.52. The molecule has 2 fully saturated rings. The van der Waals surface area contributed by atoms with Crippen molar-refractivity contribution in [2.24, 2.45) is 0 Å². The van der Waals surface area contributed by atoms with Gasteiger partial charge in [-0.15, -0.1) is 0 Å². The van der Waals surface area contributed by atoms with Crippen molar-refractivity contribution in [2.75, 3.05) is 43.9 Å². The molecule has 1 saturated heterocycles. The Morgan fingerprint density at radius 2 is 1.95 bits per heavy atom. The Morgan fingerprint density at radius 1 is 1.25 bits per heavy atom. The van der Waals surface area contributed by atoms with Gasteiger partial charge >= 0.3 is 0 Å². The lowest BCUT2D eigenvalue weighted by Crippen LogP contribution is -2.44. The van der Waals surface area contributed by atoms with Gasteiger partial charge in [-0.3, -0.25) is 0 Å². The van der Waals surface area contributed by atoms with E-state index in [0.29, 0.717) is 11.4 Å². The average molecular weight is 272 g/mol. The first kappa shape index (κ1) is 13.1. The molecule has 0 aromatic heterocycles. The highest BCUT2D eigenvalue weighted by molar-refractivity contribution is 5.64. The summed E-state index contributed by atoms with van der Waals surface area (Å²) in [4.78, 5) is 4.65. The van der Waals surface area contributed by atoms with Gasteiger partial charge in [-0.05, 0) is 25.2 Å². The van der Waals surface area contributed by atoms with Gasteiger partial charge in [0.05, 0.1) is 5.69 Å². The van der Waals surface area contributed by atoms with Gasteiger partial charge in [0.25, 0.3) is 0 Å². The SMILES string of the molecule is CN1CCN(c2ccc(OC3(C#N)CC3)c(N)c2)CC1. The number of likely N-dealkylation sites (N-methyl/N-ethyl adjacent to an activating group) is 1. The highest BCUT2D eigenvalue weighted by Gasteiger charge is 2.46. The van der Waals surface area contributed by atoms with E-state index in [1.54, 1.807) is 0 Å². The van der Waals surface area contributed by atoms with Crippen LogP contribution in [-0.2, 0) is 0 Å². The molecule has 0 atom stereocenters. The molecule has 0 spiro atoms. The van der Waals surface area contributed by atoms with Crippen molar-refractivity contribution in [3.63, 3.8) is 0 Å². The fourth-order valence-electron chi connectivity index (χ4n) is 2.45. The van der Waals surface area contributed by atoms with E-state index in [4.69, 9.17) is 15.7 Å². The number of nitrogens with zero attached hydrogens (tertiary/aromatic N) is 3. The quantitative estimate of drug-likeness (QED) is 0.844. The highest BCUT2D eigenvalue weighted by atomic mass is 16.5. The Morgan fingerprint density at radius 3 is 2.50 bits per heavy atom. The van der Waals surface area contributed by atoms with Crippen molar-refractivity contribution in [2.45, 2.75) is 18.4 Å². The second-order valence-electron chi connectivity index (χ2n) is 5.72. The van der Waals surface area contributed by atoms with Crippen LogP contribution in [0.5, 0.6) is 5.75 Å². The molecule has 1 aromatic rings. The predicted molar refractivity (Wildman–Crippen MR) is 78.8 cm³/mol. The Kier molecular flexibility index (Phi) is 3.19. The highest BCUT2D eigenvalue weighted by Crippen LogP contribution is 2.41. The molecule has 0 bridgehead atoms. The van der Waals surface area contributed by atoms with Gasteiger partial charge in [0.15, 0.2) is 5.60 Å². The largest absolute Gasteiger partial charge is 0.470 e. The van der Waals surface area contributed by atoms with E-state index in [1.165, 1.54) is 0 Å². The van der Waals surface area contributed by atoms with E-state index >= 15 is 0 Å². The van der Waals surface area contributed by atoms with Gasteiger partial charge in [0, 0.05) is 44.7 Å². The van der Waals surface area contributed by atoms with Gasteiger partial charge in [-0.1, -0.05) is 0 Å². The van der Waals surface area contributed by atoms with Crippen LogP contribution in [0.2, 0.25) is 0 Å². The molecule has 5 nitrogen and oxygen atoms in total. The Balaban J connectivity index is 1.73. The van der Waals surface area contributed by atoms with Crippen LogP contribution in [-0.4, -0.2) is 43.7 Å². The molecule has 20 heavy (non-hydrogen) atoms. The maximum absolute atomic E-state index is 9.06. The number of rotatable bonds is 3. The van der Waals surface area contributed by atoms with Crippen LogP contribution in [0, 0.1) is 11.3 Å². The number of nitrogen functional groups attached to an aromatic ring is 1. The van der Waals surface area contributed by atoms with Crippen LogP contribution >= 0.6 is 0 Å². The summed E-state index contributed by atoms with van der Waals surface area (Å²) in [6.07, 6.45) is 1.59. The fourth-order valence-corrected chi connectivity index (χ4v) is 2.45. The smallest absolute Gasteiger partial charge is 0.194 e. The summed E-state index contributed by atoms with van der Waals surface area (Å²) >= 11 is 0. The van der Waals surface area contributed by atoms with Gasteiger partial charge in [0.2, 0.25) is 0 Å². The van der Waals surface area contributed by atoms with Gasteiger partial charge < -0.3 is 20.3 Å². The number of hydrogen-bond donors (Lipinski definition) is 1. The number of nitrogens with two attached hydrogens (primary N) is 1. The summed E-state index contributed by atoms with van der Waals surface area (Å²) in [6, 6.07) is 8.09. The number of nitriles is 1. The number of hydrogen-bond acceptors (Lipinski definition) is 5. The molecule has 0 unspecified atom stereocenters. The Hall–Kier alpha value is -1.93.